The quantitative estimate of drug-likeness (QED) is 0.340. The lowest BCUT2D eigenvalue weighted by Crippen LogP contribution is -2.67. The highest BCUT2D eigenvalue weighted by molar-refractivity contribution is 4.97. The van der Waals surface area contributed by atoms with Crippen LogP contribution in [-0.4, -0.2) is 64.2 Å². The Bertz CT molecular complexity index is 198. The minimum atomic E-state index is -1.61. The van der Waals surface area contributed by atoms with Gasteiger partial charge in [0.1, 0.15) is 18.3 Å². The van der Waals surface area contributed by atoms with E-state index in [0.717, 1.165) is 0 Å². The summed E-state index contributed by atoms with van der Waals surface area (Å²) >= 11 is 0. The monoisotopic (exact) mass is 207 g/mol. The van der Waals surface area contributed by atoms with E-state index in [1.54, 1.807) is 0 Å². The zero-order valence-corrected chi connectivity index (χ0v) is 8.21. The number of aliphatic hydroxyl groups is 4. The zero-order chi connectivity index (χ0) is 10.9. The minimum Gasteiger partial charge on any atom is -0.394 e. The molecule has 0 amide bonds. The third kappa shape index (κ3) is 1.90. The van der Waals surface area contributed by atoms with Gasteiger partial charge in [0, 0.05) is 0 Å². The van der Waals surface area contributed by atoms with Crippen LogP contribution in [0, 0.1) is 0 Å². The molecule has 0 radical (unpaired) electrons. The van der Waals surface area contributed by atoms with Crippen LogP contribution in [0.15, 0.2) is 0 Å². The van der Waals surface area contributed by atoms with E-state index in [-0.39, 0.29) is 0 Å². The predicted octanol–water partition coefficient (Wildman–Crippen LogP) is -2.60. The summed E-state index contributed by atoms with van der Waals surface area (Å²) in [5, 5.41) is 40.3. The molecule has 1 saturated heterocycles. The van der Waals surface area contributed by atoms with Gasteiger partial charge in [-0.2, -0.15) is 0 Å². The zero-order valence-electron chi connectivity index (χ0n) is 8.21. The van der Waals surface area contributed by atoms with E-state index in [0.29, 0.717) is 0 Å². The van der Waals surface area contributed by atoms with E-state index < -0.39 is 36.7 Å². The van der Waals surface area contributed by atoms with Crippen molar-refractivity contribution in [2.24, 2.45) is 0 Å². The fourth-order valence-corrected chi connectivity index (χ4v) is 1.77. The van der Waals surface area contributed by atoms with Gasteiger partial charge in [0.05, 0.1) is 12.6 Å². The summed E-state index contributed by atoms with van der Waals surface area (Å²) in [7, 11) is 1.54. The average molecular weight is 207 g/mol. The summed E-state index contributed by atoms with van der Waals surface area (Å²) < 4.78 is 5.04. The maximum Gasteiger partial charge on any atom is 0.181 e. The van der Waals surface area contributed by atoms with Crippen molar-refractivity contribution in [3.63, 3.8) is 0 Å². The van der Waals surface area contributed by atoms with Gasteiger partial charge in [-0.05, 0) is 14.0 Å². The maximum atomic E-state index is 9.76. The Kier molecular flexibility index (Phi) is 3.46. The first-order chi connectivity index (χ1) is 6.44. The van der Waals surface area contributed by atoms with Gasteiger partial charge >= 0.3 is 0 Å². The SMILES string of the molecule is CNC1C(O)[C@H](O)C(CO)O[C@@]1(C)O. The van der Waals surface area contributed by atoms with Crippen LogP contribution in [0.2, 0.25) is 0 Å². The van der Waals surface area contributed by atoms with Crippen LogP contribution < -0.4 is 5.32 Å². The summed E-state index contributed by atoms with van der Waals surface area (Å²) in [6.07, 6.45) is -3.36. The van der Waals surface area contributed by atoms with Crippen LogP contribution in [0.4, 0.5) is 0 Å². The molecule has 1 heterocycles. The number of aliphatic hydroxyl groups excluding tert-OH is 3. The molecule has 6 nitrogen and oxygen atoms in total. The van der Waals surface area contributed by atoms with Gasteiger partial charge in [-0.15, -0.1) is 0 Å². The molecule has 0 saturated carbocycles. The third-order valence-electron chi connectivity index (χ3n) is 2.53. The lowest BCUT2D eigenvalue weighted by Gasteiger charge is -2.45. The third-order valence-corrected chi connectivity index (χ3v) is 2.53. The van der Waals surface area contributed by atoms with E-state index in [1.807, 2.05) is 0 Å². The molecule has 0 aromatic heterocycles. The van der Waals surface area contributed by atoms with E-state index in [2.05, 4.69) is 5.32 Å². The molecule has 6 heteroatoms. The van der Waals surface area contributed by atoms with Gasteiger partial charge in [0.2, 0.25) is 0 Å². The van der Waals surface area contributed by atoms with Crippen LogP contribution in [0.3, 0.4) is 0 Å². The first kappa shape index (κ1) is 11.8. The Morgan fingerprint density at radius 2 is 1.93 bits per heavy atom. The Morgan fingerprint density at radius 3 is 2.36 bits per heavy atom. The molecule has 0 aliphatic carbocycles. The van der Waals surface area contributed by atoms with Gasteiger partial charge in [-0.3, -0.25) is 0 Å². The van der Waals surface area contributed by atoms with Gasteiger partial charge in [0.15, 0.2) is 5.79 Å². The van der Waals surface area contributed by atoms with Crippen molar-refractivity contribution in [1.29, 1.82) is 0 Å². The molecule has 0 spiro atoms. The minimum absolute atomic E-state index is 0.454. The molecule has 0 aromatic carbocycles. The molecule has 1 rings (SSSR count). The molecule has 0 aromatic rings. The van der Waals surface area contributed by atoms with Crippen molar-refractivity contribution >= 4 is 0 Å². The van der Waals surface area contributed by atoms with E-state index in [1.165, 1.54) is 14.0 Å². The number of hydrogen-bond acceptors (Lipinski definition) is 6. The maximum absolute atomic E-state index is 9.76. The Labute approximate surface area is 82.1 Å². The van der Waals surface area contributed by atoms with E-state index in [4.69, 9.17) is 9.84 Å². The molecule has 5 atom stereocenters. The summed E-state index contributed by atoms with van der Waals surface area (Å²) in [4.78, 5) is 0. The first-order valence-corrected chi connectivity index (χ1v) is 4.48. The molecule has 14 heavy (non-hydrogen) atoms. The van der Waals surface area contributed by atoms with Crippen molar-refractivity contribution < 1.29 is 25.2 Å². The fraction of sp³-hybridized carbons (Fsp3) is 1.00. The van der Waals surface area contributed by atoms with Crippen molar-refractivity contribution in [2.45, 2.75) is 37.1 Å². The fourth-order valence-electron chi connectivity index (χ4n) is 1.77. The number of ether oxygens (including phenoxy) is 1. The van der Waals surface area contributed by atoms with Crippen LogP contribution in [0.25, 0.3) is 0 Å². The largest absolute Gasteiger partial charge is 0.394 e. The van der Waals surface area contributed by atoms with Crippen LogP contribution in [0.1, 0.15) is 6.92 Å². The molecule has 84 valence electrons. The molecule has 5 N–H and O–H groups in total. The Balaban J connectivity index is 2.83. The highest BCUT2D eigenvalue weighted by Gasteiger charge is 2.49. The van der Waals surface area contributed by atoms with Gasteiger partial charge in [-0.25, -0.2) is 0 Å². The van der Waals surface area contributed by atoms with Gasteiger partial charge in [0.25, 0.3) is 0 Å². The van der Waals surface area contributed by atoms with Crippen LogP contribution in [0.5, 0.6) is 0 Å². The summed E-state index contributed by atoms with van der Waals surface area (Å²) in [5.41, 5.74) is 0. The summed E-state index contributed by atoms with van der Waals surface area (Å²) in [5.74, 6) is -1.61. The van der Waals surface area contributed by atoms with Crippen molar-refractivity contribution in [1.82, 2.24) is 5.32 Å². The smallest absolute Gasteiger partial charge is 0.181 e. The van der Waals surface area contributed by atoms with Gasteiger partial charge in [-0.1, -0.05) is 0 Å². The normalized spacial score (nSPS) is 49.3. The standard InChI is InChI=1S/C8H17NO5/c1-8(13)7(9-2)6(12)5(11)4(3-10)14-8/h4-7,9-13H,3H2,1-2H3/t4?,5-,6?,7?,8-/m1/s1. The molecule has 0 bridgehead atoms. The van der Waals surface area contributed by atoms with Crippen molar-refractivity contribution in [3.8, 4) is 0 Å². The second-order valence-electron chi connectivity index (χ2n) is 3.64. The highest BCUT2D eigenvalue weighted by atomic mass is 16.6. The van der Waals surface area contributed by atoms with Gasteiger partial charge < -0.3 is 30.5 Å². The first-order valence-electron chi connectivity index (χ1n) is 4.48. The lowest BCUT2D eigenvalue weighted by atomic mass is 9.91. The van der Waals surface area contributed by atoms with E-state index in [9.17, 15) is 15.3 Å². The van der Waals surface area contributed by atoms with Crippen LogP contribution in [-0.2, 0) is 4.74 Å². The lowest BCUT2D eigenvalue weighted by molar-refractivity contribution is -0.310. The predicted molar refractivity (Wildman–Crippen MR) is 47.4 cm³/mol. The molecular formula is C8H17NO5. The number of hydrogen-bond donors (Lipinski definition) is 5. The average Bonchev–Trinajstić information content (AvgIpc) is 2.12. The molecular weight excluding hydrogens is 190 g/mol. The van der Waals surface area contributed by atoms with Crippen molar-refractivity contribution in [2.75, 3.05) is 13.7 Å². The Morgan fingerprint density at radius 1 is 1.36 bits per heavy atom. The van der Waals surface area contributed by atoms with E-state index >= 15 is 0 Å². The Hall–Kier alpha value is -0.240. The van der Waals surface area contributed by atoms with Crippen molar-refractivity contribution in [3.05, 3.63) is 0 Å². The summed E-state index contributed by atoms with van der Waals surface area (Å²) in [6, 6.07) is -0.791. The molecule has 1 fully saturated rings. The molecule has 1 aliphatic heterocycles. The number of likely N-dealkylation sites (N-methyl/N-ethyl adjacent to an activating group) is 1. The number of nitrogens with one attached hydrogen (secondary N) is 1. The highest BCUT2D eigenvalue weighted by Crippen LogP contribution is 2.27. The second kappa shape index (κ2) is 4.09. The summed E-state index contributed by atoms with van der Waals surface area (Å²) in [6.45, 7) is 0.913. The second-order valence-corrected chi connectivity index (χ2v) is 3.64. The molecule has 1 aliphatic rings. The molecule has 3 unspecified atom stereocenters. The topological polar surface area (TPSA) is 102 Å². The number of rotatable bonds is 2. The van der Waals surface area contributed by atoms with Crippen LogP contribution >= 0.6 is 0 Å².